The monoisotopic (exact) mass is 239 g/mol. The summed E-state index contributed by atoms with van der Waals surface area (Å²) >= 11 is 0. The van der Waals surface area contributed by atoms with Crippen LogP contribution >= 0.6 is 0 Å². The molecule has 0 aliphatic heterocycles. The van der Waals surface area contributed by atoms with Crippen LogP contribution in [0.25, 0.3) is 0 Å². The van der Waals surface area contributed by atoms with Gasteiger partial charge in [0.15, 0.2) is 0 Å². The van der Waals surface area contributed by atoms with Crippen molar-refractivity contribution in [2.45, 2.75) is 12.5 Å². The van der Waals surface area contributed by atoms with Crippen LogP contribution < -0.4 is 4.74 Å². The molecular formula is C8H5F4NO3. The predicted molar refractivity (Wildman–Crippen MR) is 44.7 cm³/mol. The molecule has 0 N–H and O–H groups in total. The molecule has 0 bridgehead atoms. The molecule has 0 aliphatic rings. The molecule has 0 spiro atoms. The van der Waals surface area contributed by atoms with Crippen LogP contribution in [0.5, 0.6) is 5.75 Å². The number of hydrogen-bond donors (Lipinski definition) is 0. The van der Waals surface area contributed by atoms with Gasteiger partial charge < -0.3 is 4.74 Å². The molecule has 88 valence electrons. The molecule has 0 saturated heterocycles. The maximum Gasteiger partial charge on any atom is 0.457 e. The average molecular weight is 239 g/mol. The molecule has 16 heavy (non-hydrogen) atoms. The Morgan fingerprint density at radius 2 is 1.88 bits per heavy atom. The minimum atomic E-state index is -5.22. The van der Waals surface area contributed by atoms with Crippen molar-refractivity contribution in [1.29, 1.82) is 0 Å². The van der Waals surface area contributed by atoms with Gasteiger partial charge in [-0.2, -0.15) is 17.6 Å². The quantitative estimate of drug-likeness (QED) is 0.463. The van der Waals surface area contributed by atoms with Gasteiger partial charge in [0.25, 0.3) is 0 Å². The summed E-state index contributed by atoms with van der Waals surface area (Å²) in [7, 11) is 0. The molecule has 1 aromatic rings. The van der Waals surface area contributed by atoms with Crippen LogP contribution in [0.4, 0.5) is 23.2 Å². The highest BCUT2D eigenvalue weighted by atomic mass is 19.4. The van der Waals surface area contributed by atoms with E-state index in [1.54, 1.807) is 0 Å². The van der Waals surface area contributed by atoms with E-state index in [-0.39, 0.29) is 0 Å². The van der Waals surface area contributed by atoms with Gasteiger partial charge in [-0.15, -0.1) is 0 Å². The lowest BCUT2D eigenvalue weighted by Gasteiger charge is -2.13. The first-order valence-corrected chi connectivity index (χ1v) is 3.93. The van der Waals surface area contributed by atoms with Gasteiger partial charge in [0.2, 0.25) is 5.75 Å². The molecule has 8 heteroatoms. The van der Waals surface area contributed by atoms with Crippen molar-refractivity contribution in [2.75, 3.05) is 0 Å². The standard InChI is InChI=1S/C8H5F4NO3/c9-7(8(10,11)12)16-6-4-2-1-3-5(6)13(14)15/h1-4,7H/t7-/m0/s1. The Bertz CT molecular complexity index is 393. The normalized spacial score (nSPS) is 13.2. The van der Waals surface area contributed by atoms with Gasteiger partial charge >= 0.3 is 18.2 Å². The van der Waals surface area contributed by atoms with Crippen molar-refractivity contribution in [1.82, 2.24) is 0 Å². The van der Waals surface area contributed by atoms with E-state index in [0.29, 0.717) is 0 Å². The lowest BCUT2D eigenvalue weighted by atomic mass is 10.3. The number of nitrogens with zero attached hydrogens (tertiary/aromatic N) is 1. The zero-order valence-corrected chi connectivity index (χ0v) is 7.57. The predicted octanol–water partition coefficient (Wildman–Crippen LogP) is 2.83. The molecule has 0 unspecified atom stereocenters. The summed E-state index contributed by atoms with van der Waals surface area (Å²) < 4.78 is 51.7. The fourth-order valence-electron chi connectivity index (χ4n) is 0.886. The summed E-state index contributed by atoms with van der Waals surface area (Å²) in [6.07, 6.45) is -8.81. The van der Waals surface area contributed by atoms with Gasteiger partial charge in [0, 0.05) is 6.07 Å². The van der Waals surface area contributed by atoms with Crippen molar-refractivity contribution in [3.63, 3.8) is 0 Å². The number of ether oxygens (including phenoxy) is 1. The zero-order valence-electron chi connectivity index (χ0n) is 7.57. The van der Waals surface area contributed by atoms with Crippen molar-refractivity contribution in [2.24, 2.45) is 0 Å². The van der Waals surface area contributed by atoms with Gasteiger partial charge in [-0.1, -0.05) is 12.1 Å². The van der Waals surface area contributed by atoms with Gasteiger partial charge in [-0.05, 0) is 6.07 Å². The lowest BCUT2D eigenvalue weighted by Crippen LogP contribution is -2.30. The minimum absolute atomic E-state index is 0.727. The Morgan fingerprint density at radius 3 is 2.38 bits per heavy atom. The maximum atomic E-state index is 12.5. The zero-order chi connectivity index (χ0) is 12.3. The topological polar surface area (TPSA) is 52.4 Å². The molecule has 0 radical (unpaired) electrons. The molecule has 0 heterocycles. The maximum absolute atomic E-state index is 12.5. The second-order valence-electron chi connectivity index (χ2n) is 2.70. The summed E-state index contributed by atoms with van der Waals surface area (Å²) in [5.41, 5.74) is -0.727. The third-order valence-electron chi connectivity index (χ3n) is 1.55. The third-order valence-corrected chi connectivity index (χ3v) is 1.55. The number of para-hydroxylation sites is 2. The Morgan fingerprint density at radius 1 is 1.31 bits per heavy atom. The van der Waals surface area contributed by atoms with Crippen LogP contribution in [0.1, 0.15) is 0 Å². The highest BCUT2D eigenvalue weighted by Gasteiger charge is 2.43. The summed E-state index contributed by atoms with van der Waals surface area (Å²) in [4.78, 5) is 9.41. The van der Waals surface area contributed by atoms with E-state index < -0.39 is 28.9 Å². The molecule has 1 rings (SSSR count). The van der Waals surface area contributed by atoms with E-state index in [2.05, 4.69) is 4.74 Å². The molecule has 4 nitrogen and oxygen atoms in total. The van der Waals surface area contributed by atoms with Crippen molar-refractivity contribution < 1.29 is 27.2 Å². The molecule has 1 aromatic carbocycles. The fraction of sp³-hybridized carbons (Fsp3) is 0.250. The van der Waals surface area contributed by atoms with Gasteiger partial charge in [-0.25, -0.2) is 0 Å². The van der Waals surface area contributed by atoms with Gasteiger partial charge in [0.1, 0.15) is 0 Å². The van der Waals surface area contributed by atoms with Crippen LogP contribution in [0.2, 0.25) is 0 Å². The highest BCUT2D eigenvalue weighted by Crippen LogP contribution is 2.31. The van der Waals surface area contributed by atoms with Crippen LogP contribution in [0, 0.1) is 10.1 Å². The fourth-order valence-corrected chi connectivity index (χ4v) is 0.886. The van der Waals surface area contributed by atoms with Gasteiger partial charge in [-0.3, -0.25) is 10.1 Å². The first-order chi connectivity index (χ1) is 7.32. The average Bonchev–Trinajstić information content (AvgIpc) is 2.16. The van der Waals surface area contributed by atoms with E-state index in [0.717, 1.165) is 12.1 Å². The number of alkyl halides is 4. The van der Waals surface area contributed by atoms with E-state index in [1.807, 2.05) is 0 Å². The Kier molecular flexibility index (Phi) is 3.31. The van der Waals surface area contributed by atoms with Crippen molar-refractivity contribution >= 4 is 5.69 Å². The first kappa shape index (κ1) is 12.2. The Labute approximate surface area is 86.6 Å². The number of halogens is 4. The van der Waals surface area contributed by atoms with E-state index in [1.165, 1.54) is 12.1 Å². The molecular weight excluding hydrogens is 234 g/mol. The largest absolute Gasteiger partial charge is 0.457 e. The second kappa shape index (κ2) is 4.33. The van der Waals surface area contributed by atoms with E-state index in [4.69, 9.17) is 0 Å². The Hall–Kier alpha value is -1.86. The molecule has 0 aliphatic carbocycles. The second-order valence-corrected chi connectivity index (χ2v) is 2.70. The Balaban J connectivity index is 2.93. The third kappa shape index (κ3) is 2.81. The SMILES string of the molecule is O=[N+]([O-])c1ccccc1O[C@H](F)C(F)(F)F. The van der Waals surface area contributed by atoms with Crippen LogP contribution in [0.15, 0.2) is 24.3 Å². The van der Waals surface area contributed by atoms with Crippen molar-refractivity contribution in [3.8, 4) is 5.75 Å². The van der Waals surface area contributed by atoms with Gasteiger partial charge in [0.05, 0.1) is 4.92 Å². The molecule has 0 fully saturated rings. The molecule has 0 amide bonds. The van der Waals surface area contributed by atoms with Crippen LogP contribution in [-0.4, -0.2) is 17.5 Å². The van der Waals surface area contributed by atoms with Crippen LogP contribution in [0.3, 0.4) is 0 Å². The smallest absolute Gasteiger partial charge is 0.445 e. The van der Waals surface area contributed by atoms with Crippen LogP contribution in [-0.2, 0) is 0 Å². The molecule has 0 aromatic heterocycles. The van der Waals surface area contributed by atoms with E-state index in [9.17, 15) is 27.7 Å². The lowest BCUT2D eigenvalue weighted by molar-refractivity contribution is -0.386. The number of hydrogen-bond acceptors (Lipinski definition) is 3. The highest BCUT2D eigenvalue weighted by molar-refractivity contribution is 5.45. The number of benzene rings is 1. The number of nitro benzene ring substituents is 1. The summed E-state index contributed by atoms with van der Waals surface area (Å²) in [5.74, 6) is -0.766. The minimum Gasteiger partial charge on any atom is -0.445 e. The van der Waals surface area contributed by atoms with E-state index >= 15 is 0 Å². The summed E-state index contributed by atoms with van der Waals surface area (Å²) in [5, 5.41) is 10.4. The van der Waals surface area contributed by atoms with Crippen molar-refractivity contribution in [3.05, 3.63) is 34.4 Å². The molecule has 1 atom stereocenters. The first-order valence-electron chi connectivity index (χ1n) is 3.93. The summed E-state index contributed by atoms with van der Waals surface area (Å²) in [6.45, 7) is 0. The number of nitro groups is 1. The summed E-state index contributed by atoms with van der Waals surface area (Å²) in [6, 6.07) is 4.23. The molecule has 0 saturated carbocycles. The number of rotatable bonds is 3.